The molecule has 89 valence electrons. The van der Waals surface area contributed by atoms with E-state index in [1.807, 2.05) is 35.0 Å². The van der Waals surface area contributed by atoms with Crippen molar-refractivity contribution in [3.63, 3.8) is 0 Å². The van der Waals surface area contributed by atoms with Crippen LogP contribution in [-0.4, -0.2) is 13.0 Å². The summed E-state index contributed by atoms with van der Waals surface area (Å²) in [6.45, 7) is 0. The lowest BCUT2D eigenvalue weighted by Gasteiger charge is -2.05. The SMILES string of the molecule is O=[SH](=O)c1ccc(-n2c[c]c3ccccc32)cc1. The molecule has 0 aliphatic heterocycles. The number of fused-ring (bicyclic) bond motifs is 1. The van der Waals surface area contributed by atoms with Crippen LogP contribution in [-0.2, 0) is 10.7 Å². The Kier molecular flexibility index (Phi) is 2.64. The third kappa shape index (κ3) is 1.80. The van der Waals surface area contributed by atoms with E-state index in [1.165, 1.54) is 0 Å². The number of rotatable bonds is 2. The summed E-state index contributed by atoms with van der Waals surface area (Å²) in [5.41, 5.74) is 1.98. The molecule has 0 N–H and O–H groups in total. The lowest BCUT2D eigenvalue weighted by atomic mass is 10.2. The van der Waals surface area contributed by atoms with Crippen LogP contribution >= 0.6 is 0 Å². The van der Waals surface area contributed by atoms with Gasteiger partial charge in [-0.25, -0.2) is 8.42 Å². The van der Waals surface area contributed by atoms with Crippen LogP contribution in [0.15, 0.2) is 59.6 Å². The molecule has 3 aromatic rings. The molecule has 1 aromatic heterocycles. The van der Waals surface area contributed by atoms with Crippen LogP contribution in [0.1, 0.15) is 0 Å². The van der Waals surface area contributed by atoms with E-state index in [0.29, 0.717) is 4.90 Å². The first-order valence-electron chi connectivity index (χ1n) is 5.48. The van der Waals surface area contributed by atoms with Crippen LogP contribution < -0.4 is 0 Å². The van der Waals surface area contributed by atoms with Gasteiger partial charge in [0.15, 0.2) is 10.7 Å². The number of aromatic nitrogens is 1. The van der Waals surface area contributed by atoms with Gasteiger partial charge in [-0.3, -0.25) is 0 Å². The van der Waals surface area contributed by atoms with Crippen molar-refractivity contribution in [2.45, 2.75) is 4.90 Å². The molecule has 0 saturated heterocycles. The molecule has 2 aromatic carbocycles. The lowest BCUT2D eigenvalue weighted by molar-refractivity contribution is 0.614. The second-order valence-corrected chi connectivity index (χ2v) is 4.96. The molecule has 0 amide bonds. The molecule has 18 heavy (non-hydrogen) atoms. The van der Waals surface area contributed by atoms with Gasteiger partial charge in [0, 0.05) is 23.3 Å². The van der Waals surface area contributed by atoms with Crippen molar-refractivity contribution in [2.24, 2.45) is 0 Å². The minimum atomic E-state index is -2.52. The summed E-state index contributed by atoms with van der Waals surface area (Å²) in [6.07, 6.45) is 1.86. The smallest absolute Gasteiger partial charge is 0.168 e. The molecule has 0 atom stereocenters. The van der Waals surface area contributed by atoms with Gasteiger partial charge in [-0.1, -0.05) is 18.2 Å². The Labute approximate surface area is 106 Å². The summed E-state index contributed by atoms with van der Waals surface area (Å²) in [5, 5.41) is 1.04. The van der Waals surface area contributed by atoms with Crippen LogP contribution in [0.25, 0.3) is 16.6 Å². The molecule has 0 aliphatic rings. The second kappa shape index (κ2) is 4.31. The van der Waals surface area contributed by atoms with Crippen LogP contribution in [0.5, 0.6) is 0 Å². The lowest BCUT2D eigenvalue weighted by Crippen LogP contribution is -1.91. The fourth-order valence-electron chi connectivity index (χ4n) is 1.96. The number of hydrogen-bond acceptors (Lipinski definition) is 2. The Morgan fingerprint density at radius 2 is 1.67 bits per heavy atom. The fraction of sp³-hybridized carbons (Fsp3) is 0. The second-order valence-electron chi connectivity index (χ2n) is 3.93. The molecule has 3 nitrogen and oxygen atoms in total. The van der Waals surface area contributed by atoms with E-state index in [-0.39, 0.29) is 0 Å². The first-order chi connectivity index (χ1) is 8.75. The van der Waals surface area contributed by atoms with Crippen molar-refractivity contribution in [3.8, 4) is 5.69 Å². The van der Waals surface area contributed by atoms with E-state index in [0.717, 1.165) is 16.6 Å². The highest BCUT2D eigenvalue weighted by Crippen LogP contribution is 2.20. The van der Waals surface area contributed by atoms with E-state index in [9.17, 15) is 8.42 Å². The molecule has 0 unspecified atom stereocenters. The zero-order valence-corrected chi connectivity index (χ0v) is 10.3. The Balaban J connectivity index is 2.14. The summed E-state index contributed by atoms with van der Waals surface area (Å²) in [6, 6.07) is 17.9. The Hall–Kier alpha value is -2.07. The highest BCUT2D eigenvalue weighted by atomic mass is 32.2. The summed E-state index contributed by atoms with van der Waals surface area (Å²) < 4.78 is 23.7. The van der Waals surface area contributed by atoms with Crippen LogP contribution in [0.4, 0.5) is 0 Å². The monoisotopic (exact) mass is 256 g/mol. The number of thiol groups is 1. The van der Waals surface area contributed by atoms with Gasteiger partial charge >= 0.3 is 0 Å². The van der Waals surface area contributed by atoms with Gasteiger partial charge in [-0.15, -0.1) is 0 Å². The fourth-order valence-corrected chi connectivity index (χ4v) is 2.35. The Bertz CT molecular complexity index is 762. The van der Waals surface area contributed by atoms with Crippen LogP contribution in [0.3, 0.4) is 0 Å². The largest absolute Gasteiger partial charge is 0.316 e. The van der Waals surface area contributed by atoms with Crippen molar-refractivity contribution in [3.05, 3.63) is 60.8 Å². The minimum Gasteiger partial charge on any atom is -0.316 e. The molecule has 1 radical (unpaired) electrons. The number of benzene rings is 2. The molecular weight excluding hydrogens is 246 g/mol. The molecule has 4 heteroatoms. The third-order valence-electron chi connectivity index (χ3n) is 2.85. The van der Waals surface area contributed by atoms with Gasteiger partial charge in [0.05, 0.1) is 10.4 Å². The van der Waals surface area contributed by atoms with Crippen LogP contribution in [0, 0.1) is 6.07 Å². The first kappa shape index (κ1) is 11.0. The van der Waals surface area contributed by atoms with Crippen molar-refractivity contribution < 1.29 is 8.42 Å². The van der Waals surface area contributed by atoms with Gasteiger partial charge < -0.3 is 4.57 Å². The maximum atomic E-state index is 10.8. The van der Waals surface area contributed by atoms with Crippen molar-refractivity contribution in [1.29, 1.82) is 0 Å². The molecule has 0 bridgehead atoms. The number of nitrogens with zero attached hydrogens (tertiary/aromatic N) is 1. The average Bonchev–Trinajstić information content (AvgIpc) is 2.82. The van der Waals surface area contributed by atoms with Gasteiger partial charge in [0.1, 0.15) is 0 Å². The maximum absolute atomic E-state index is 10.8. The van der Waals surface area contributed by atoms with Gasteiger partial charge in [0.2, 0.25) is 0 Å². The zero-order valence-electron chi connectivity index (χ0n) is 9.41. The van der Waals surface area contributed by atoms with Crippen molar-refractivity contribution >= 4 is 21.6 Å². The van der Waals surface area contributed by atoms with Crippen molar-refractivity contribution in [2.75, 3.05) is 0 Å². The molecule has 0 fully saturated rings. The Morgan fingerprint density at radius 3 is 2.39 bits per heavy atom. The number of para-hydroxylation sites is 1. The Morgan fingerprint density at radius 1 is 0.944 bits per heavy atom. The quantitative estimate of drug-likeness (QED) is 0.715. The molecule has 0 saturated carbocycles. The molecule has 0 aliphatic carbocycles. The predicted octanol–water partition coefficient (Wildman–Crippen LogP) is 2.40. The van der Waals surface area contributed by atoms with Gasteiger partial charge in [-0.05, 0) is 30.3 Å². The molecule has 1 heterocycles. The summed E-state index contributed by atoms with van der Waals surface area (Å²) in [4.78, 5) is 0.328. The molecular formula is C14H10NO2S. The normalized spacial score (nSPS) is 11.2. The minimum absolute atomic E-state index is 0.328. The summed E-state index contributed by atoms with van der Waals surface area (Å²) >= 11 is 0. The zero-order chi connectivity index (χ0) is 12.5. The standard InChI is InChI=1S/C14H10NO2S/c16-18(17)13-7-5-12(6-8-13)15-10-9-11-3-1-2-4-14(11)15/h1-8,10,18H. The number of hydrogen-bond donors (Lipinski definition) is 1. The van der Waals surface area contributed by atoms with E-state index < -0.39 is 10.7 Å². The topological polar surface area (TPSA) is 39.1 Å². The first-order valence-corrected chi connectivity index (χ1v) is 6.66. The van der Waals surface area contributed by atoms with E-state index in [2.05, 4.69) is 6.07 Å². The summed E-state index contributed by atoms with van der Waals surface area (Å²) in [7, 11) is -2.52. The molecule has 0 spiro atoms. The van der Waals surface area contributed by atoms with Gasteiger partial charge in [-0.2, -0.15) is 0 Å². The highest BCUT2D eigenvalue weighted by Gasteiger charge is 2.03. The highest BCUT2D eigenvalue weighted by molar-refractivity contribution is 7.72. The van der Waals surface area contributed by atoms with Crippen molar-refractivity contribution in [1.82, 2.24) is 4.57 Å². The van der Waals surface area contributed by atoms with E-state index in [4.69, 9.17) is 0 Å². The van der Waals surface area contributed by atoms with Crippen LogP contribution in [0.2, 0.25) is 0 Å². The third-order valence-corrected chi connectivity index (χ3v) is 3.57. The van der Waals surface area contributed by atoms with Gasteiger partial charge in [0.25, 0.3) is 0 Å². The summed E-state index contributed by atoms with van der Waals surface area (Å²) in [5.74, 6) is 0. The average molecular weight is 256 g/mol. The van der Waals surface area contributed by atoms with E-state index in [1.54, 1.807) is 24.3 Å². The predicted molar refractivity (Wildman–Crippen MR) is 70.7 cm³/mol. The van der Waals surface area contributed by atoms with E-state index >= 15 is 0 Å². The molecule has 3 rings (SSSR count). The maximum Gasteiger partial charge on any atom is 0.168 e.